The molecular weight excluding hydrogens is 258 g/mol. The molecule has 2 N–H and O–H groups in total. The lowest BCUT2D eigenvalue weighted by Gasteiger charge is -2.12. The second kappa shape index (κ2) is 4.88. The molecule has 1 aliphatic rings. The zero-order valence-electron chi connectivity index (χ0n) is 11.1. The van der Waals surface area contributed by atoms with Crippen LogP contribution in [0.15, 0.2) is 29.4 Å². The maximum Gasteiger partial charge on any atom is 0.198 e. The second-order valence-corrected chi connectivity index (χ2v) is 4.68. The Balaban J connectivity index is 2.18. The van der Waals surface area contributed by atoms with Crippen LogP contribution in [0.2, 0.25) is 0 Å². The lowest BCUT2D eigenvalue weighted by molar-refractivity contribution is 0.176. The van der Waals surface area contributed by atoms with Gasteiger partial charge in [0.2, 0.25) is 0 Å². The summed E-state index contributed by atoms with van der Waals surface area (Å²) in [5.74, 6) is 1.09. The fourth-order valence-corrected chi connectivity index (χ4v) is 2.56. The van der Waals surface area contributed by atoms with Crippen LogP contribution in [-0.2, 0) is 12.8 Å². The summed E-state index contributed by atoms with van der Waals surface area (Å²) in [4.78, 5) is 4.24. The first-order chi connectivity index (χ1) is 9.74. The molecule has 0 atom stereocenters. The minimum absolute atomic E-state index is 0.286. The zero-order chi connectivity index (χ0) is 14.1. The van der Waals surface area contributed by atoms with Gasteiger partial charge >= 0.3 is 0 Å². The molecule has 1 aromatic heterocycles. The number of fused-ring (bicyclic) bond motifs is 1. The molecule has 20 heavy (non-hydrogen) atoms. The number of nitrogens with zero attached hydrogens (tertiary/aromatic N) is 3. The molecule has 0 amide bonds. The van der Waals surface area contributed by atoms with Crippen molar-refractivity contribution in [3.05, 3.63) is 41.0 Å². The summed E-state index contributed by atoms with van der Waals surface area (Å²) in [7, 11) is 1.59. The van der Waals surface area contributed by atoms with Crippen molar-refractivity contribution in [1.29, 1.82) is 0 Å². The van der Waals surface area contributed by atoms with Crippen LogP contribution in [0.1, 0.15) is 17.7 Å². The number of benzene rings is 1. The zero-order valence-corrected chi connectivity index (χ0v) is 11.1. The minimum atomic E-state index is 0.286. The molecule has 0 bridgehead atoms. The van der Waals surface area contributed by atoms with Crippen molar-refractivity contribution in [3.8, 4) is 17.1 Å². The van der Waals surface area contributed by atoms with Gasteiger partial charge in [0.05, 0.1) is 12.8 Å². The highest BCUT2D eigenvalue weighted by Crippen LogP contribution is 2.24. The normalized spacial score (nSPS) is 14.3. The van der Waals surface area contributed by atoms with Gasteiger partial charge < -0.3 is 15.2 Å². The topological polar surface area (TPSA) is 79.9 Å². The van der Waals surface area contributed by atoms with E-state index in [1.54, 1.807) is 31.4 Å². The Bertz CT molecular complexity index is 705. The molecule has 0 spiro atoms. The van der Waals surface area contributed by atoms with E-state index in [-0.39, 0.29) is 5.49 Å². The van der Waals surface area contributed by atoms with E-state index in [1.165, 1.54) is 0 Å². The third-order valence-corrected chi connectivity index (χ3v) is 3.57. The quantitative estimate of drug-likeness (QED) is 0.494. The largest absolute Gasteiger partial charge is 0.497 e. The fourth-order valence-electron chi connectivity index (χ4n) is 2.56. The van der Waals surface area contributed by atoms with E-state index in [0.29, 0.717) is 5.82 Å². The highest BCUT2D eigenvalue weighted by molar-refractivity contribution is 5.57. The summed E-state index contributed by atoms with van der Waals surface area (Å²) in [6.07, 6.45) is 2.44. The Morgan fingerprint density at radius 1 is 1.25 bits per heavy atom. The van der Waals surface area contributed by atoms with Gasteiger partial charge in [-0.15, -0.1) is 0 Å². The summed E-state index contributed by atoms with van der Waals surface area (Å²) >= 11 is 0. The number of rotatable bonds is 2. The van der Waals surface area contributed by atoms with E-state index in [9.17, 15) is 5.21 Å². The SMILES string of the molecule is COc1ccc(-c2nc(=NO)c3c(n2O)CCC3)cc1. The third kappa shape index (κ3) is 1.89. The van der Waals surface area contributed by atoms with Crippen molar-refractivity contribution in [1.82, 2.24) is 9.71 Å². The Morgan fingerprint density at radius 3 is 2.65 bits per heavy atom. The summed E-state index contributed by atoms with van der Waals surface area (Å²) in [6, 6.07) is 7.19. The maximum absolute atomic E-state index is 10.3. The van der Waals surface area contributed by atoms with Gasteiger partial charge in [0.25, 0.3) is 0 Å². The van der Waals surface area contributed by atoms with Crippen LogP contribution >= 0.6 is 0 Å². The standard InChI is InChI=1S/C14H15N3O3/c1-20-10-7-5-9(6-8-10)14-15-13(16-18)11-3-2-4-12(11)17(14)19/h5-8,18-19H,2-4H2,1H3. The van der Waals surface area contributed by atoms with Crippen molar-refractivity contribution in [2.75, 3.05) is 7.11 Å². The van der Waals surface area contributed by atoms with Gasteiger partial charge in [0.1, 0.15) is 5.75 Å². The van der Waals surface area contributed by atoms with Gasteiger partial charge in [-0.1, -0.05) is 5.16 Å². The summed E-state index contributed by atoms with van der Waals surface area (Å²) < 4.78 is 6.20. The predicted molar refractivity (Wildman–Crippen MR) is 70.8 cm³/mol. The first kappa shape index (κ1) is 12.5. The summed E-state index contributed by atoms with van der Waals surface area (Å²) in [6.45, 7) is 0. The number of methoxy groups -OCH3 is 1. The van der Waals surface area contributed by atoms with Crippen molar-refractivity contribution in [2.24, 2.45) is 5.16 Å². The van der Waals surface area contributed by atoms with E-state index >= 15 is 0 Å². The Labute approximate surface area is 115 Å². The number of hydrogen-bond acceptors (Lipinski definition) is 5. The lowest BCUT2D eigenvalue weighted by Crippen LogP contribution is -2.21. The summed E-state index contributed by atoms with van der Waals surface area (Å²) in [5, 5.41) is 22.6. The Hall–Kier alpha value is -2.50. The monoisotopic (exact) mass is 273 g/mol. The molecule has 1 aliphatic carbocycles. The van der Waals surface area contributed by atoms with E-state index in [1.807, 2.05) is 0 Å². The smallest absolute Gasteiger partial charge is 0.198 e. The molecule has 6 nitrogen and oxygen atoms in total. The molecule has 104 valence electrons. The first-order valence-electron chi connectivity index (χ1n) is 6.41. The Morgan fingerprint density at radius 2 is 2.00 bits per heavy atom. The van der Waals surface area contributed by atoms with Gasteiger partial charge in [-0.05, 0) is 43.5 Å². The van der Waals surface area contributed by atoms with Crippen LogP contribution in [0.5, 0.6) is 5.75 Å². The van der Waals surface area contributed by atoms with Crippen LogP contribution in [-0.4, -0.2) is 27.2 Å². The molecule has 6 heteroatoms. The van der Waals surface area contributed by atoms with Crippen LogP contribution in [0.4, 0.5) is 0 Å². The van der Waals surface area contributed by atoms with E-state index < -0.39 is 0 Å². The molecule has 0 aliphatic heterocycles. The van der Waals surface area contributed by atoms with Crippen LogP contribution in [0.3, 0.4) is 0 Å². The highest BCUT2D eigenvalue weighted by atomic mass is 16.5. The van der Waals surface area contributed by atoms with E-state index in [4.69, 9.17) is 9.94 Å². The molecule has 3 rings (SSSR count). The van der Waals surface area contributed by atoms with Gasteiger partial charge in [-0.25, -0.2) is 4.98 Å². The molecule has 0 saturated heterocycles. The highest BCUT2D eigenvalue weighted by Gasteiger charge is 2.21. The van der Waals surface area contributed by atoms with Gasteiger partial charge in [0, 0.05) is 11.1 Å². The molecule has 0 saturated carbocycles. The van der Waals surface area contributed by atoms with Crippen LogP contribution in [0, 0.1) is 0 Å². The molecule has 0 unspecified atom stereocenters. The second-order valence-electron chi connectivity index (χ2n) is 4.68. The molecule has 2 aromatic rings. The average Bonchev–Trinajstić information content (AvgIpc) is 2.98. The van der Waals surface area contributed by atoms with Crippen molar-refractivity contribution < 1.29 is 15.2 Å². The number of ether oxygens (including phenoxy) is 1. The first-order valence-corrected chi connectivity index (χ1v) is 6.41. The van der Waals surface area contributed by atoms with E-state index in [0.717, 1.165) is 46.6 Å². The predicted octanol–water partition coefficient (Wildman–Crippen LogP) is 1.57. The lowest BCUT2D eigenvalue weighted by atomic mass is 10.2. The van der Waals surface area contributed by atoms with Crippen molar-refractivity contribution in [2.45, 2.75) is 19.3 Å². The molecule has 1 aromatic carbocycles. The molecule has 0 radical (unpaired) electrons. The molecular formula is C14H15N3O3. The Kier molecular flexibility index (Phi) is 3.06. The minimum Gasteiger partial charge on any atom is -0.497 e. The van der Waals surface area contributed by atoms with Crippen LogP contribution in [0.25, 0.3) is 11.4 Å². The molecule has 0 fully saturated rings. The van der Waals surface area contributed by atoms with Crippen molar-refractivity contribution in [3.63, 3.8) is 0 Å². The number of aromatic nitrogens is 2. The van der Waals surface area contributed by atoms with Crippen LogP contribution < -0.4 is 10.2 Å². The van der Waals surface area contributed by atoms with Gasteiger partial charge in [-0.2, -0.15) is 4.73 Å². The third-order valence-electron chi connectivity index (χ3n) is 3.57. The average molecular weight is 273 g/mol. The van der Waals surface area contributed by atoms with Crippen molar-refractivity contribution >= 4 is 0 Å². The number of hydrogen-bond donors (Lipinski definition) is 2. The fraction of sp³-hybridized carbons (Fsp3) is 0.286. The maximum atomic E-state index is 10.3. The molecule has 1 heterocycles. The van der Waals surface area contributed by atoms with Gasteiger partial charge in [0.15, 0.2) is 11.3 Å². The van der Waals surface area contributed by atoms with Gasteiger partial charge in [-0.3, -0.25) is 0 Å². The van der Waals surface area contributed by atoms with E-state index in [2.05, 4.69) is 10.1 Å². The summed E-state index contributed by atoms with van der Waals surface area (Å²) in [5.41, 5.74) is 2.59.